The molecular weight excluding hydrogens is 560 g/mol. The van der Waals surface area contributed by atoms with Crippen LogP contribution in [0.5, 0.6) is 0 Å². The predicted octanol–water partition coefficient (Wildman–Crippen LogP) is 5.97. The maximum absolute atomic E-state index is 13.6. The first kappa shape index (κ1) is 27.9. The minimum Gasteiger partial charge on any atom is -0.369 e. The fourth-order valence-corrected chi connectivity index (χ4v) is 4.81. The molecule has 1 aromatic heterocycles. The van der Waals surface area contributed by atoms with Crippen molar-refractivity contribution in [3.63, 3.8) is 0 Å². The Labute approximate surface area is 218 Å². The lowest BCUT2D eigenvalue weighted by atomic mass is 9.89. The predicted molar refractivity (Wildman–Crippen MR) is 129 cm³/mol. The lowest BCUT2D eigenvalue weighted by Crippen LogP contribution is -2.62. The van der Waals surface area contributed by atoms with E-state index in [1.807, 2.05) is 0 Å². The van der Waals surface area contributed by atoms with Gasteiger partial charge in [0.2, 0.25) is 0 Å². The fraction of sp³-hybridized carbons (Fsp3) is 0.250. The number of anilines is 1. The largest absolute Gasteiger partial charge is 0.431 e. The normalized spacial score (nSPS) is 17.0. The fourth-order valence-electron chi connectivity index (χ4n) is 3.99. The molecule has 4 rings (SSSR count). The quantitative estimate of drug-likeness (QED) is 0.378. The van der Waals surface area contributed by atoms with Crippen molar-refractivity contribution in [1.82, 2.24) is 4.98 Å². The molecule has 2 aromatic carbocycles. The summed E-state index contributed by atoms with van der Waals surface area (Å²) in [5.74, 6) is 0. The van der Waals surface area contributed by atoms with Crippen LogP contribution >= 0.6 is 11.6 Å². The number of hydrogen-bond acceptors (Lipinski definition) is 6. The molecule has 1 aliphatic rings. The average molecular weight is 578 g/mol. The highest BCUT2D eigenvalue weighted by molar-refractivity contribution is 7.90. The number of hydrogen-bond donors (Lipinski definition) is 1. The van der Waals surface area contributed by atoms with Gasteiger partial charge in [0.15, 0.2) is 14.9 Å². The highest BCUT2D eigenvalue weighted by Gasteiger charge is 2.74. The van der Waals surface area contributed by atoms with E-state index in [4.69, 9.17) is 11.6 Å². The van der Waals surface area contributed by atoms with Gasteiger partial charge in [-0.25, -0.2) is 13.4 Å². The zero-order valence-corrected chi connectivity index (χ0v) is 20.9. The molecule has 1 atom stereocenters. The van der Waals surface area contributed by atoms with Crippen molar-refractivity contribution in [2.45, 2.75) is 35.4 Å². The highest BCUT2D eigenvalue weighted by atomic mass is 35.5. The number of benzene rings is 2. The molecule has 202 valence electrons. The summed E-state index contributed by atoms with van der Waals surface area (Å²) in [4.78, 5) is 4.09. The summed E-state index contributed by atoms with van der Waals surface area (Å²) in [5, 5.41) is 14.3. The summed E-state index contributed by atoms with van der Waals surface area (Å²) >= 11 is 6.18. The Balaban J connectivity index is 1.78. The minimum atomic E-state index is -6.09. The van der Waals surface area contributed by atoms with E-state index in [0.717, 1.165) is 11.3 Å². The van der Waals surface area contributed by atoms with Crippen molar-refractivity contribution >= 4 is 32.8 Å². The maximum Gasteiger partial charge on any atom is 0.431 e. The van der Waals surface area contributed by atoms with Gasteiger partial charge in [0.05, 0.1) is 28.2 Å². The van der Waals surface area contributed by atoms with Crippen molar-refractivity contribution < 1.29 is 39.9 Å². The van der Waals surface area contributed by atoms with Gasteiger partial charge in [0.1, 0.15) is 0 Å². The summed E-state index contributed by atoms with van der Waals surface area (Å²) in [6.45, 7) is 0. The van der Waals surface area contributed by atoms with Gasteiger partial charge in [-0.05, 0) is 29.8 Å². The molecular formula is C24H18ClF6N3O3S. The van der Waals surface area contributed by atoms with Gasteiger partial charge < -0.3 is 5.11 Å². The molecule has 6 nitrogen and oxygen atoms in total. The maximum atomic E-state index is 13.6. The molecule has 3 aromatic rings. The number of rotatable bonds is 5. The van der Waals surface area contributed by atoms with E-state index in [2.05, 4.69) is 10.1 Å². The molecule has 1 unspecified atom stereocenters. The number of hydrazone groups is 1. The molecule has 0 fully saturated rings. The molecule has 0 radical (unpaired) electrons. The van der Waals surface area contributed by atoms with Crippen molar-refractivity contribution in [3.05, 3.63) is 77.3 Å². The second kappa shape index (κ2) is 9.54. The van der Waals surface area contributed by atoms with Crippen molar-refractivity contribution in [2.24, 2.45) is 5.10 Å². The number of pyridine rings is 1. The van der Waals surface area contributed by atoms with E-state index in [0.29, 0.717) is 5.56 Å². The van der Waals surface area contributed by atoms with Gasteiger partial charge in [0.25, 0.3) is 5.60 Å². The van der Waals surface area contributed by atoms with Gasteiger partial charge in [-0.3, -0.25) is 5.01 Å². The van der Waals surface area contributed by atoms with E-state index >= 15 is 0 Å². The lowest BCUT2D eigenvalue weighted by Gasteiger charge is -2.32. The smallest absolute Gasteiger partial charge is 0.369 e. The first-order valence-electron chi connectivity index (χ1n) is 10.8. The van der Waals surface area contributed by atoms with Crippen molar-refractivity contribution in [2.75, 3.05) is 11.3 Å². The molecule has 0 aliphatic carbocycles. The van der Waals surface area contributed by atoms with Crippen LogP contribution in [0.2, 0.25) is 5.02 Å². The average Bonchev–Trinajstić information content (AvgIpc) is 3.27. The molecule has 0 amide bonds. The molecule has 0 spiro atoms. The first-order valence-corrected chi connectivity index (χ1v) is 13.1. The third-order valence-electron chi connectivity index (χ3n) is 5.94. The number of para-hydroxylation sites is 1. The summed E-state index contributed by atoms with van der Waals surface area (Å²) in [5.41, 5.74) is -5.68. The summed E-state index contributed by atoms with van der Waals surface area (Å²) in [6, 6.07) is 14.8. The van der Waals surface area contributed by atoms with Crippen molar-refractivity contribution in [3.8, 4) is 11.3 Å². The van der Waals surface area contributed by atoms with Crippen LogP contribution in [0.1, 0.15) is 18.0 Å². The van der Waals surface area contributed by atoms with Crippen molar-refractivity contribution in [1.29, 1.82) is 0 Å². The highest BCUT2D eigenvalue weighted by Crippen LogP contribution is 2.49. The van der Waals surface area contributed by atoms with Crippen LogP contribution in [0, 0.1) is 0 Å². The number of alkyl halides is 6. The van der Waals surface area contributed by atoms with Crippen LogP contribution in [0.25, 0.3) is 11.3 Å². The third-order valence-corrected chi connectivity index (χ3v) is 7.25. The number of aliphatic hydroxyl groups is 1. The van der Waals surface area contributed by atoms with Gasteiger partial charge >= 0.3 is 12.4 Å². The Bertz CT molecular complexity index is 1480. The summed E-state index contributed by atoms with van der Waals surface area (Å²) in [7, 11) is -3.59. The molecule has 0 saturated carbocycles. The molecule has 2 heterocycles. The molecule has 14 heteroatoms. The topological polar surface area (TPSA) is 82.9 Å². The van der Waals surface area contributed by atoms with E-state index in [9.17, 15) is 39.9 Å². The molecule has 1 aliphatic heterocycles. The second-order valence-electron chi connectivity index (χ2n) is 8.52. The second-order valence-corrected chi connectivity index (χ2v) is 10.9. The summed E-state index contributed by atoms with van der Waals surface area (Å²) in [6.07, 6.45) is -12.1. The Morgan fingerprint density at radius 3 is 2.08 bits per heavy atom. The molecule has 0 bridgehead atoms. The van der Waals surface area contributed by atoms with Crippen LogP contribution in [-0.2, 0) is 9.84 Å². The Kier molecular flexibility index (Phi) is 7.00. The van der Waals surface area contributed by atoms with E-state index in [1.54, 1.807) is 6.07 Å². The lowest BCUT2D eigenvalue weighted by molar-refractivity contribution is -0.338. The van der Waals surface area contributed by atoms with E-state index in [1.165, 1.54) is 60.7 Å². The number of halogens is 7. The zero-order chi connectivity index (χ0) is 28.1. The minimum absolute atomic E-state index is 0.0171. The first-order chi connectivity index (χ1) is 17.5. The van der Waals surface area contributed by atoms with Crippen LogP contribution in [0.3, 0.4) is 0 Å². The van der Waals surface area contributed by atoms with E-state index < -0.39 is 46.0 Å². The summed E-state index contributed by atoms with van der Waals surface area (Å²) < 4.78 is 105. The Morgan fingerprint density at radius 2 is 1.53 bits per heavy atom. The molecule has 0 saturated heterocycles. The van der Waals surface area contributed by atoms with Gasteiger partial charge in [0, 0.05) is 18.2 Å². The standard InChI is InChI=1S/C24H18ClF6N3O3S/c1-38(36,37)21-8-4-6-17(32-21)14-9-11-15(12-10-14)19-13-20(22(35,23(26,27)28)24(29,30)31)33-34(19)18-7-3-2-5-16(18)25/h2-12,19,35H,13H2,1H3. The van der Waals surface area contributed by atoms with Crippen LogP contribution in [0.15, 0.2) is 76.9 Å². The van der Waals surface area contributed by atoms with Gasteiger partial charge in [-0.2, -0.15) is 31.4 Å². The Hall–Kier alpha value is -3.16. The number of aromatic nitrogens is 1. The third kappa shape index (κ3) is 4.97. The number of sulfone groups is 1. The molecule has 38 heavy (non-hydrogen) atoms. The zero-order valence-electron chi connectivity index (χ0n) is 19.3. The van der Waals surface area contributed by atoms with E-state index in [-0.39, 0.29) is 27.0 Å². The SMILES string of the molecule is CS(=O)(=O)c1cccc(-c2ccc(C3CC(C(O)(C(F)(F)F)C(F)(F)F)=NN3c3ccccc3Cl)cc2)n1. The van der Waals surface area contributed by atoms with Gasteiger partial charge in [-0.15, -0.1) is 0 Å². The molecule has 1 N–H and O–H groups in total. The van der Waals surface area contributed by atoms with Crippen LogP contribution < -0.4 is 5.01 Å². The number of nitrogens with zero attached hydrogens (tertiary/aromatic N) is 3. The van der Waals surface area contributed by atoms with Crippen LogP contribution in [0.4, 0.5) is 32.0 Å². The van der Waals surface area contributed by atoms with Gasteiger partial charge in [-0.1, -0.05) is 54.1 Å². The Morgan fingerprint density at radius 1 is 0.921 bits per heavy atom. The monoisotopic (exact) mass is 577 g/mol. The van der Waals surface area contributed by atoms with Crippen LogP contribution in [-0.4, -0.2) is 48.4 Å².